The van der Waals surface area contributed by atoms with Gasteiger partial charge in [-0.25, -0.2) is 0 Å². The SMILES string of the molecule is CCC(C)C1CC(C)C1.CCCCOc1cnc(C)c(CCC(C)=O)c1. The second-order valence-electron chi connectivity index (χ2n) is 8.04. The Morgan fingerprint density at radius 1 is 1.35 bits per heavy atom. The summed E-state index contributed by atoms with van der Waals surface area (Å²) in [6.07, 6.45) is 9.61. The molecule has 0 N–H and O–H groups in total. The minimum Gasteiger partial charge on any atom is -0.492 e. The number of rotatable bonds is 9. The molecule has 1 heterocycles. The van der Waals surface area contributed by atoms with E-state index < -0.39 is 0 Å². The van der Waals surface area contributed by atoms with Gasteiger partial charge in [-0.2, -0.15) is 0 Å². The second-order valence-corrected chi connectivity index (χ2v) is 8.04. The van der Waals surface area contributed by atoms with E-state index in [4.69, 9.17) is 4.74 Å². The maximum atomic E-state index is 11.0. The maximum Gasteiger partial charge on any atom is 0.137 e. The van der Waals surface area contributed by atoms with Crippen molar-refractivity contribution in [1.82, 2.24) is 4.98 Å². The van der Waals surface area contributed by atoms with E-state index in [1.807, 2.05) is 13.0 Å². The van der Waals surface area contributed by atoms with Gasteiger partial charge in [-0.15, -0.1) is 0 Å². The molecule has 0 bridgehead atoms. The molecule has 1 unspecified atom stereocenters. The van der Waals surface area contributed by atoms with Crippen LogP contribution in [-0.4, -0.2) is 17.4 Å². The monoisotopic (exact) mass is 361 g/mol. The molecule has 1 aromatic rings. The van der Waals surface area contributed by atoms with Gasteiger partial charge in [0.2, 0.25) is 0 Å². The lowest BCUT2D eigenvalue weighted by Crippen LogP contribution is -2.26. The van der Waals surface area contributed by atoms with Crippen molar-refractivity contribution >= 4 is 5.78 Å². The number of aryl methyl sites for hydroxylation is 2. The molecule has 0 saturated heterocycles. The number of pyridine rings is 1. The Labute approximate surface area is 160 Å². The Morgan fingerprint density at radius 3 is 2.58 bits per heavy atom. The lowest BCUT2D eigenvalue weighted by Gasteiger charge is -2.36. The molecule has 0 aliphatic heterocycles. The van der Waals surface area contributed by atoms with Crippen LogP contribution in [0.1, 0.15) is 84.4 Å². The number of carbonyl (C=O) groups is 1. The topological polar surface area (TPSA) is 39.2 Å². The molecule has 1 aliphatic rings. The third kappa shape index (κ3) is 8.33. The third-order valence-electron chi connectivity index (χ3n) is 5.54. The van der Waals surface area contributed by atoms with E-state index in [1.54, 1.807) is 13.1 Å². The second kappa shape index (κ2) is 12.1. The molecule has 3 heteroatoms. The third-order valence-corrected chi connectivity index (χ3v) is 5.54. The zero-order chi connectivity index (χ0) is 19.5. The molecule has 0 radical (unpaired) electrons. The summed E-state index contributed by atoms with van der Waals surface area (Å²) in [4.78, 5) is 15.3. The molecule has 1 atom stereocenters. The van der Waals surface area contributed by atoms with Crippen LogP contribution in [0.3, 0.4) is 0 Å². The number of carbonyl (C=O) groups excluding carboxylic acids is 1. The van der Waals surface area contributed by atoms with E-state index >= 15 is 0 Å². The molecule has 2 rings (SSSR count). The Kier molecular flexibility index (Phi) is 10.5. The lowest BCUT2D eigenvalue weighted by molar-refractivity contribution is -0.116. The minimum atomic E-state index is 0.210. The Balaban J connectivity index is 0.000000314. The van der Waals surface area contributed by atoms with E-state index in [-0.39, 0.29) is 5.78 Å². The van der Waals surface area contributed by atoms with E-state index in [0.717, 1.165) is 60.6 Å². The zero-order valence-electron chi connectivity index (χ0n) is 17.8. The molecule has 3 nitrogen and oxygen atoms in total. The quantitative estimate of drug-likeness (QED) is 0.494. The molecule has 0 aromatic carbocycles. The molecule has 1 aromatic heterocycles. The van der Waals surface area contributed by atoms with Crippen LogP contribution in [0, 0.1) is 24.7 Å². The van der Waals surface area contributed by atoms with Crippen LogP contribution >= 0.6 is 0 Å². The van der Waals surface area contributed by atoms with Crippen LogP contribution in [0.4, 0.5) is 0 Å². The first kappa shape index (κ1) is 22.7. The molecule has 1 aliphatic carbocycles. The average Bonchev–Trinajstić information content (AvgIpc) is 2.59. The van der Waals surface area contributed by atoms with Gasteiger partial charge >= 0.3 is 0 Å². The van der Waals surface area contributed by atoms with Gasteiger partial charge in [-0.1, -0.05) is 40.5 Å². The number of Topliss-reactive ketones (excluding diaryl/α,β-unsaturated/α-hetero) is 1. The van der Waals surface area contributed by atoms with E-state index in [2.05, 4.69) is 32.7 Å². The van der Waals surface area contributed by atoms with Gasteiger partial charge < -0.3 is 9.53 Å². The normalized spacial score (nSPS) is 19.8. The summed E-state index contributed by atoms with van der Waals surface area (Å²) >= 11 is 0. The van der Waals surface area contributed by atoms with Crippen molar-refractivity contribution in [1.29, 1.82) is 0 Å². The molecule has 1 fully saturated rings. The summed E-state index contributed by atoms with van der Waals surface area (Å²) in [6, 6.07) is 2.00. The largest absolute Gasteiger partial charge is 0.492 e. The number of ketones is 1. The van der Waals surface area contributed by atoms with Crippen LogP contribution in [0.25, 0.3) is 0 Å². The van der Waals surface area contributed by atoms with Crippen molar-refractivity contribution in [2.24, 2.45) is 17.8 Å². The van der Waals surface area contributed by atoms with Gasteiger partial charge in [0, 0.05) is 12.1 Å². The van der Waals surface area contributed by atoms with Gasteiger partial charge in [0.25, 0.3) is 0 Å². The molecule has 0 spiro atoms. The van der Waals surface area contributed by atoms with Crippen LogP contribution < -0.4 is 4.74 Å². The molecule has 1 saturated carbocycles. The minimum absolute atomic E-state index is 0.210. The van der Waals surface area contributed by atoms with Gasteiger partial charge in [0.05, 0.1) is 12.8 Å². The standard InChI is InChI=1S/C14H21NO2.C9H18/c1-4-5-8-17-14-9-13(7-6-11(2)16)12(3)15-10-14;1-4-8(3)9-5-7(2)6-9/h9-10H,4-8H2,1-3H3;7-9H,4-6H2,1-3H3. The molecular weight excluding hydrogens is 322 g/mol. The Bertz CT molecular complexity index is 535. The van der Waals surface area contributed by atoms with Gasteiger partial charge in [-0.3, -0.25) is 4.98 Å². The summed E-state index contributed by atoms with van der Waals surface area (Å²) in [5.41, 5.74) is 2.09. The van der Waals surface area contributed by atoms with Crippen LogP contribution in [-0.2, 0) is 11.2 Å². The summed E-state index contributed by atoms with van der Waals surface area (Å²) in [6.45, 7) is 13.5. The summed E-state index contributed by atoms with van der Waals surface area (Å²) in [5, 5.41) is 0. The van der Waals surface area contributed by atoms with E-state index in [0.29, 0.717) is 6.42 Å². The lowest BCUT2D eigenvalue weighted by atomic mass is 9.69. The molecule has 26 heavy (non-hydrogen) atoms. The van der Waals surface area contributed by atoms with E-state index in [9.17, 15) is 4.79 Å². The summed E-state index contributed by atoms with van der Waals surface area (Å²) < 4.78 is 5.60. The average molecular weight is 362 g/mol. The van der Waals surface area contributed by atoms with Gasteiger partial charge in [-0.05, 0) is 68.9 Å². The Morgan fingerprint density at radius 2 is 2.04 bits per heavy atom. The van der Waals surface area contributed by atoms with Gasteiger partial charge in [0.1, 0.15) is 11.5 Å². The Hall–Kier alpha value is -1.38. The number of nitrogens with zero attached hydrogens (tertiary/aromatic N) is 1. The number of hydrogen-bond acceptors (Lipinski definition) is 3. The van der Waals surface area contributed by atoms with Crippen molar-refractivity contribution in [2.75, 3.05) is 6.61 Å². The van der Waals surface area contributed by atoms with Crippen molar-refractivity contribution < 1.29 is 9.53 Å². The van der Waals surface area contributed by atoms with Crippen molar-refractivity contribution in [3.63, 3.8) is 0 Å². The highest BCUT2D eigenvalue weighted by Crippen LogP contribution is 2.39. The van der Waals surface area contributed by atoms with Crippen LogP contribution in [0.15, 0.2) is 12.3 Å². The number of aromatic nitrogens is 1. The number of unbranched alkanes of at least 4 members (excludes halogenated alkanes) is 1. The highest BCUT2D eigenvalue weighted by molar-refractivity contribution is 5.75. The maximum absolute atomic E-state index is 11.0. The van der Waals surface area contributed by atoms with E-state index in [1.165, 1.54) is 19.3 Å². The van der Waals surface area contributed by atoms with Crippen LogP contribution in [0.5, 0.6) is 5.75 Å². The summed E-state index contributed by atoms with van der Waals surface area (Å²) in [7, 11) is 0. The first-order valence-corrected chi connectivity index (χ1v) is 10.4. The number of hydrogen-bond donors (Lipinski definition) is 0. The fraction of sp³-hybridized carbons (Fsp3) is 0.739. The molecule has 148 valence electrons. The summed E-state index contributed by atoms with van der Waals surface area (Å²) in [5.74, 6) is 4.11. The predicted molar refractivity (Wildman–Crippen MR) is 110 cm³/mol. The van der Waals surface area contributed by atoms with Crippen LogP contribution in [0.2, 0.25) is 0 Å². The molecular formula is C23H39NO2. The predicted octanol–water partition coefficient (Wildman–Crippen LogP) is 6.17. The fourth-order valence-electron chi connectivity index (χ4n) is 3.30. The first-order valence-electron chi connectivity index (χ1n) is 10.4. The van der Waals surface area contributed by atoms with Crippen molar-refractivity contribution in [3.8, 4) is 5.75 Å². The van der Waals surface area contributed by atoms with Crippen molar-refractivity contribution in [2.45, 2.75) is 86.5 Å². The molecule has 0 amide bonds. The fourth-order valence-corrected chi connectivity index (χ4v) is 3.30. The number of ether oxygens (including phenoxy) is 1. The first-order chi connectivity index (χ1) is 12.4. The highest BCUT2D eigenvalue weighted by atomic mass is 16.5. The zero-order valence-corrected chi connectivity index (χ0v) is 17.8. The van der Waals surface area contributed by atoms with Crippen molar-refractivity contribution in [3.05, 3.63) is 23.5 Å². The smallest absolute Gasteiger partial charge is 0.137 e. The highest BCUT2D eigenvalue weighted by Gasteiger charge is 2.28. The van der Waals surface area contributed by atoms with Gasteiger partial charge in [0.15, 0.2) is 0 Å².